The Labute approximate surface area is 319 Å². The molecule has 2 heterocycles. The van der Waals surface area contributed by atoms with Crippen LogP contribution in [0, 0.1) is 11.3 Å². The molecule has 0 aliphatic carbocycles. The summed E-state index contributed by atoms with van der Waals surface area (Å²) >= 11 is 6.01. The fourth-order valence-electron chi connectivity index (χ4n) is 4.44. The minimum absolute atomic E-state index is 0.0263. The number of allylic oxidation sites excluding steroid dienone is 3. The topological polar surface area (TPSA) is 97.5 Å². The Balaban J connectivity index is 0.000000837. The fraction of sp³-hybridized carbons (Fsp3) is 0.511. The number of aliphatic carboxylic acids is 1. The molecule has 0 spiro atoms. The number of unbranched alkanes of at least 4 members (excludes halogenated alkanes) is 1. The Morgan fingerprint density at radius 3 is 1.87 bits per heavy atom. The van der Waals surface area contributed by atoms with Crippen molar-refractivity contribution < 1.29 is 23.9 Å². The largest absolute Gasteiger partial charge is 0.478 e. The van der Waals surface area contributed by atoms with Crippen molar-refractivity contribution in [3.63, 3.8) is 0 Å². The molecule has 0 aliphatic heterocycles. The summed E-state index contributed by atoms with van der Waals surface area (Å²) in [5.74, 6) is -0.277. The van der Waals surface area contributed by atoms with E-state index in [-0.39, 0.29) is 28.1 Å². The van der Waals surface area contributed by atoms with Crippen molar-refractivity contribution in [1.82, 2.24) is 4.98 Å². The number of hydrogen-bond acceptors (Lipinski definition) is 5. The van der Waals surface area contributed by atoms with E-state index in [1.807, 2.05) is 84.9 Å². The van der Waals surface area contributed by atoms with Crippen molar-refractivity contribution in [2.24, 2.45) is 11.3 Å². The second-order valence-corrected chi connectivity index (χ2v) is 15.7. The van der Waals surface area contributed by atoms with Crippen molar-refractivity contribution in [1.29, 1.82) is 0 Å². The first-order valence-electron chi connectivity index (χ1n) is 18.6. The Bertz CT molecular complexity index is 1660. The maximum atomic E-state index is 12.6. The lowest BCUT2D eigenvalue weighted by molar-refractivity contribution is -0.132. The molecule has 0 aliphatic rings. The third-order valence-corrected chi connectivity index (χ3v) is 8.64. The number of Topliss-reactive ketones (excluding diaryl/α,β-unsaturated/α-hetero) is 2. The average molecular weight is 736 g/mol. The number of carboxylic acid groups (broad SMARTS) is 1. The molecule has 0 amide bonds. The molecule has 288 valence electrons. The number of ketones is 2. The molecule has 6 nitrogen and oxygen atoms in total. The van der Waals surface area contributed by atoms with E-state index in [4.69, 9.17) is 26.1 Å². The number of hydrogen-bond donors (Lipinski definition) is 1. The Morgan fingerprint density at radius 2 is 1.46 bits per heavy atom. The van der Waals surface area contributed by atoms with Gasteiger partial charge < -0.3 is 9.52 Å². The van der Waals surface area contributed by atoms with Crippen molar-refractivity contribution in [2.75, 3.05) is 0 Å². The normalized spacial score (nSPS) is 12.4. The predicted molar refractivity (Wildman–Crippen MR) is 221 cm³/mol. The van der Waals surface area contributed by atoms with E-state index in [1.54, 1.807) is 19.1 Å². The van der Waals surface area contributed by atoms with E-state index in [1.165, 1.54) is 18.4 Å². The van der Waals surface area contributed by atoms with Crippen LogP contribution >= 0.6 is 11.6 Å². The molecule has 1 N–H and O–H groups in total. The number of fused-ring (bicyclic) bond motifs is 1. The number of carbonyl (C=O) groups excluding carboxylic acids is 2. The Kier molecular flexibility index (Phi) is 21.3. The molecule has 3 aromatic rings. The zero-order valence-corrected chi connectivity index (χ0v) is 35.3. The van der Waals surface area contributed by atoms with E-state index in [2.05, 4.69) is 48.1 Å². The monoisotopic (exact) mass is 735 g/mol. The van der Waals surface area contributed by atoms with Gasteiger partial charge in [-0.25, -0.2) is 9.78 Å². The second-order valence-electron chi connectivity index (χ2n) is 15.2. The third kappa shape index (κ3) is 16.7. The molecule has 3 rings (SSSR count). The van der Waals surface area contributed by atoms with Crippen LogP contribution in [0.15, 0.2) is 76.3 Å². The highest BCUT2D eigenvalue weighted by molar-refractivity contribution is 6.30. The molecule has 0 fully saturated rings. The molecule has 0 saturated heterocycles. The SMILES string of the molecule is C=C(C(=O)O)/C(C)=C\C=C(\C)CCC.CCC(=O)C(C)(C)C.CCC(C)C(=O)c1cc2nc(-c3ccc(Cl)cc3)cc(C(C)(C)C)c2o1.CCCC. The summed E-state index contributed by atoms with van der Waals surface area (Å²) in [6.45, 7) is 31.8. The molecule has 1 atom stereocenters. The summed E-state index contributed by atoms with van der Waals surface area (Å²) < 4.78 is 5.99. The number of nitrogens with zero attached hydrogens (tertiary/aromatic N) is 1. The molecular weight excluding hydrogens is 670 g/mol. The third-order valence-electron chi connectivity index (χ3n) is 8.38. The van der Waals surface area contributed by atoms with Crippen molar-refractivity contribution in [2.45, 2.75) is 141 Å². The van der Waals surface area contributed by atoms with Crippen LogP contribution in [0.4, 0.5) is 0 Å². The number of rotatable bonds is 11. The summed E-state index contributed by atoms with van der Waals surface area (Å²) in [7, 11) is 0. The van der Waals surface area contributed by atoms with Crippen molar-refractivity contribution >= 4 is 40.2 Å². The summed E-state index contributed by atoms with van der Waals surface area (Å²) in [6.07, 6.45) is 9.99. The first kappa shape index (κ1) is 48.2. The van der Waals surface area contributed by atoms with Gasteiger partial charge in [0.1, 0.15) is 11.3 Å². The van der Waals surface area contributed by atoms with Crippen LogP contribution < -0.4 is 0 Å². The quantitative estimate of drug-likeness (QED) is 0.120. The van der Waals surface area contributed by atoms with Crippen molar-refractivity contribution in [3.05, 3.63) is 88.2 Å². The molecule has 1 unspecified atom stereocenters. The van der Waals surface area contributed by atoms with Crippen LogP contribution in [-0.4, -0.2) is 27.6 Å². The van der Waals surface area contributed by atoms with E-state index < -0.39 is 5.97 Å². The number of aromatic nitrogens is 1. The molecule has 0 radical (unpaired) electrons. The first-order chi connectivity index (χ1) is 24.1. The number of furan rings is 1. The maximum absolute atomic E-state index is 12.6. The minimum Gasteiger partial charge on any atom is -0.478 e. The van der Waals surface area contributed by atoms with Gasteiger partial charge in [-0.05, 0) is 55.9 Å². The summed E-state index contributed by atoms with van der Waals surface area (Å²) in [6, 6.07) is 11.4. The highest BCUT2D eigenvalue weighted by Gasteiger charge is 2.25. The molecular formula is C45H66ClNO5. The zero-order chi connectivity index (χ0) is 40.4. The van der Waals surface area contributed by atoms with Gasteiger partial charge in [0.25, 0.3) is 0 Å². The van der Waals surface area contributed by atoms with Gasteiger partial charge in [-0.1, -0.05) is 150 Å². The zero-order valence-electron chi connectivity index (χ0n) is 34.6. The van der Waals surface area contributed by atoms with Gasteiger partial charge in [0.05, 0.1) is 11.3 Å². The lowest BCUT2D eigenvalue weighted by Crippen LogP contribution is -2.18. The van der Waals surface area contributed by atoms with Gasteiger partial charge in [-0.2, -0.15) is 0 Å². The van der Waals surface area contributed by atoms with Crippen LogP contribution in [0.1, 0.15) is 152 Å². The highest BCUT2D eigenvalue weighted by Crippen LogP contribution is 2.35. The Hall–Kier alpha value is -3.77. The molecule has 1 aromatic carbocycles. The number of benzene rings is 1. The molecule has 0 bridgehead atoms. The number of pyridine rings is 1. The van der Waals surface area contributed by atoms with Crippen LogP contribution in [0.3, 0.4) is 0 Å². The van der Waals surface area contributed by atoms with Gasteiger partial charge in [0.15, 0.2) is 11.3 Å². The fourth-order valence-corrected chi connectivity index (χ4v) is 4.57. The first-order valence-corrected chi connectivity index (χ1v) is 19.0. The lowest BCUT2D eigenvalue weighted by atomic mass is 9.86. The van der Waals surface area contributed by atoms with Crippen LogP contribution in [-0.2, 0) is 15.0 Å². The molecule has 2 aromatic heterocycles. The van der Waals surface area contributed by atoms with Gasteiger partial charge in [0, 0.05) is 40.0 Å². The average Bonchev–Trinajstić information content (AvgIpc) is 3.53. The van der Waals surface area contributed by atoms with Crippen molar-refractivity contribution in [3.8, 4) is 11.3 Å². The molecule has 0 saturated carbocycles. The summed E-state index contributed by atoms with van der Waals surface area (Å²) in [5.41, 5.74) is 6.13. The number of carboxylic acids is 1. The van der Waals surface area contributed by atoms with E-state index >= 15 is 0 Å². The lowest BCUT2D eigenvalue weighted by Gasteiger charge is -2.20. The second kappa shape index (κ2) is 23.0. The highest BCUT2D eigenvalue weighted by atomic mass is 35.5. The smallest absolute Gasteiger partial charge is 0.335 e. The van der Waals surface area contributed by atoms with Crippen LogP contribution in [0.25, 0.3) is 22.4 Å². The standard InChI is InChI=1S/C22H24ClNO2.C12H18O2.C7H14O.C4H10/c1-6-13(2)20(25)19-12-18-21(26-19)16(22(3,4)5)11-17(24-18)14-7-9-15(23)10-8-14;1-5-6-9(2)7-8-10(3)11(4)12(13)14;1-5-6(8)7(2,3)4;1-3-4-2/h7-13H,6H2,1-5H3;7-8H,4-6H2,1-3H3,(H,13,14);5H2,1-4H3;3-4H2,1-2H3/b;9-7-,10-8-;;. The van der Waals surface area contributed by atoms with Crippen LogP contribution in [0.5, 0.6) is 0 Å². The van der Waals surface area contributed by atoms with E-state index in [0.29, 0.717) is 39.7 Å². The number of carbonyl (C=O) groups is 3. The summed E-state index contributed by atoms with van der Waals surface area (Å²) in [4.78, 5) is 38.7. The summed E-state index contributed by atoms with van der Waals surface area (Å²) in [5, 5.41) is 9.35. The van der Waals surface area contributed by atoms with E-state index in [9.17, 15) is 14.4 Å². The Morgan fingerprint density at radius 1 is 0.904 bits per heavy atom. The van der Waals surface area contributed by atoms with Gasteiger partial charge in [-0.15, -0.1) is 0 Å². The molecule has 7 heteroatoms. The predicted octanol–water partition coefficient (Wildman–Crippen LogP) is 13.8. The number of halogens is 1. The van der Waals surface area contributed by atoms with Crippen LogP contribution in [0.2, 0.25) is 5.02 Å². The van der Waals surface area contributed by atoms with Gasteiger partial charge in [0.2, 0.25) is 5.78 Å². The van der Waals surface area contributed by atoms with E-state index in [0.717, 1.165) is 36.1 Å². The molecule has 52 heavy (non-hydrogen) atoms. The van der Waals surface area contributed by atoms with Gasteiger partial charge >= 0.3 is 5.97 Å². The maximum Gasteiger partial charge on any atom is 0.335 e. The van der Waals surface area contributed by atoms with Gasteiger partial charge in [-0.3, -0.25) is 9.59 Å². The minimum atomic E-state index is -0.958.